The Morgan fingerprint density at radius 2 is 2.11 bits per heavy atom. The van der Waals surface area contributed by atoms with Crippen LogP contribution in [0.3, 0.4) is 0 Å². The Balaban J connectivity index is 2.23. The summed E-state index contributed by atoms with van der Waals surface area (Å²) >= 11 is 0. The van der Waals surface area contributed by atoms with E-state index in [1.165, 1.54) is 12.8 Å². The SMILES string of the molecule is CCNC(c1ccc(C)c(F)c1)C(OCC)C1CC1. The molecule has 0 radical (unpaired) electrons. The van der Waals surface area contributed by atoms with Gasteiger partial charge in [-0.2, -0.15) is 0 Å². The highest BCUT2D eigenvalue weighted by Gasteiger charge is 2.37. The van der Waals surface area contributed by atoms with Crippen LogP contribution in [0.25, 0.3) is 0 Å². The summed E-state index contributed by atoms with van der Waals surface area (Å²) in [6, 6.07) is 5.61. The van der Waals surface area contributed by atoms with Gasteiger partial charge in [0.05, 0.1) is 12.1 Å². The lowest BCUT2D eigenvalue weighted by Crippen LogP contribution is -2.35. The molecule has 1 saturated carbocycles. The minimum atomic E-state index is -0.133. The summed E-state index contributed by atoms with van der Waals surface area (Å²) in [6.07, 6.45) is 2.61. The summed E-state index contributed by atoms with van der Waals surface area (Å²) in [5.74, 6) is 0.486. The van der Waals surface area contributed by atoms with Gasteiger partial charge in [-0.3, -0.25) is 0 Å². The molecule has 3 heteroatoms. The van der Waals surface area contributed by atoms with Crippen LogP contribution in [0, 0.1) is 18.7 Å². The first-order valence-electron chi connectivity index (χ1n) is 7.28. The van der Waals surface area contributed by atoms with E-state index < -0.39 is 0 Å². The molecule has 106 valence electrons. The summed E-state index contributed by atoms with van der Waals surface area (Å²) in [7, 11) is 0. The molecule has 1 fully saturated rings. The smallest absolute Gasteiger partial charge is 0.126 e. The summed E-state index contributed by atoms with van der Waals surface area (Å²) in [5, 5.41) is 3.46. The number of aryl methyl sites for hydroxylation is 1. The number of rotatable bonds is 7. The van der Waals surface area contributed by atoms with Crippen molar-refractivity contribution in [3.63, 3.8) is 0 Å². The minimum absolute atomic E-state index is 0.0903. The van der Waals surface area contributed by atoms with Crippen molar-refractivity contribution in [2.24, 2.45) is 5.92 Å². The van der Waals surface area contributed by atoms with E-state index in [1.54, 1.807) is 13.0 Å². The zero-order chi connectivity index (χ0) is 13.8. The van der Waals surface area contributed by atoms with Crippen molar-refractivity contribution in [2.45, 2.75) is 45.8 Å². The third-order valence-corrected chi connectivity index (χ3v) is 3.75. The van der Waals surface area contributed by atoms with Crippen LogP contribution in [0.4, 0.5) is 4.39 Å². The number of likely N-dealkylation sites (N-methyl/N-ethyl adjacent to an activating group) is 1. The number of benzene rings is 1. The molecular formula is C16H24FNO. The Bertz CT molecular complexity index is 417. The van der Waals surface area contributed by atoms with Crippen LogP contribution in [0.1, 0.15) is 43.9 Å². The van der Waals surface area contributed by atoms with E-state index in [9.17, 15) is 4.39 Å². The average Bonchev–Trinajstić information content (AvgIpc) is 3.21. The predicted molar refractivity (Wildman–Crippen MR) is 75.7 cm³/mol. The molecule has 1 aromatic rings. The van der Waals surface area contributed by atoms with Gasteiger partial charge in [0.15, 0.2) is 0 Å². The molecule has 1 aromatic carbocycles. The maximum atomic E-state index is 13.8. The summed E-state index contributed by atoms with van der Waals surface area (Å²) < 4.78 is 19.7. The molecule has 1 aliphatic rings. The second-order valence-electron chi connectivity index (χ2n) is 5.30. The fraction of sp³-hybridized carbons (Fsp3) is 0.625. The lowest BCUT2D eigenvalue weighted by Gasteiger charge is -2.28. The van der Waals surface area contributed by atoms with Crippen LogP contribution in [0.15, 0.2) is 18.2 Å². The monoisotopic (exact) mass is 265 g/mol. The molecule has 1 aliphatic carbocycles. The Hall–Kier alpha value is -0.930. The first kappa shape index (κ1) is 14.5. The van der Waals surface area contributed by atoms with Gasteiger partial charge in [0, 0.05) is 6.61 Å². The van der Waals surface area contributed by atoms with Gasteiger partial charge in [-0.05, 0) is 56.3 Å². The van der Waals surface area contributed by atoms with Crippen LogP contribution in [-0.2, 0) is 4.74 Å². The van der Waals surface area contributed by atoms with Crippen LogP contribution in [-0.4, -0.2) is 19.3 Å². The zero-order valence-corrected chi connectivity index (χ0v) is 12.1. The zero-order valence-electron chi connectivity index (χ0n) is 12.1. The van der Waals surface area contributed by atoms with E-state index in [4.69, 9.17) is 4.74 Å². The maximum absolute atomic E-state index is 13.8. The Kier molecular flexibility index (Phi) is 4.94. The van der Waals surface area contributed by atoms with E-state index in [0.717, 1.165) is 12.1 Å². The van der Waals surface area contributed by atoms with E-state index >= 15 is 0 Å². The standard InChI is InChI=1S/C16H24FNO/c1-4-18-15(16(19-5-2)12-8-9-12)13-7-6-11(3)14(17)10-13/h6-7,10,12,15-16,18H,4-5,8-9H2,1-3H3. The van der Waals surface area contributed by atoms with Crippen molar-refractivity contribution in [1.82, 2.24) is 5.32 Å². The number of nitrogens with one attached hydrogen (secondary N) is 1. The van der Waals surface area contributed by atoms with Gasteiger partial charge in [0.1, 0.15) is 5.82 Å². The largest absolute Gasteiger partial charge is 0.376 e. The highest BCUT2D eigenvalue weighted by molar-refractivity contribution is 5.27. The number of hydrogen-bond donors (Lipinski definition) is 1. The lowest BCUT2D eigenvalue weighted by molar-refractivity contribution is 0.0189. The third kappa shape index (κ3) is 3.54. The molecule has 2 nitrogen and oxygen atoms in total. The second kappa shape index (κ2) is 6.49. The third-order valence-electron chi connectivity index (χ3n) is 3.75. The Morgan fingerprint density at radius 1 is 1.37 bits per heavy atom. The molecule has 2 atom stereocenters. The summed E-state index contributed by atoms with van der Waals surface area (Å²) in [6.45, 7) is 7.46. The van der Waals surface area contributed by atoms with E-state index in [0.29, 0.717) is 18.1 Å². The topological polar surface area (TPSA) is 21.3 Å². The molecule has 0 aromatic heterocycles. The first-order chi connectivity index (χ1) is 9.17. The number of ether oxygens (including phenoxy) is 1. The van der Waals surface area contributed by atoms with Gasteiger partial charge in [0.25, 0.3) is 0 Å². The van der Waals surface area contributed by atoms with Gasteiger partial charge >= 0.3 is 0 Å². The van der Waals surface area contributed by atoms with Crippen LogP contribution >= 0.6 is 0 Å². The van der Waals surface area contributed by atoms with Gasteiger partial charge < -0.3 is 10.1 Å². The predicted octanol–water partition coefficient (Wildman–Crippen LogP) is 3.60. The fourth-order valence-corrected chi connectivity index (χ4v) is 2.57. The first-order valence-corrected chi connectivity index (χ1v) is 7.28. The van der Waals surface area contributed by atoms with Crippen molar-refractivity contribution < 1.29 is 9.13 Å². The van der Waals surface area contributed by atoms with Crippen LogP contribution in [0.2, 0.25) is 0 Å². The Labute approximate surface area is 115 Å². The molecule has 0 spiro atoms. The normalized spacial score (nSPS) is 18.3. The van der Waals surface area contributed by atoms with Crippen molar-refractivity contribution in [1.29, 1.82) is 0 Å². The summed E-state index contributed by atoms with van der Waals surface area (Å²) in [5.41, 5.74) is 1.69. The second-order valence-corrected chi connectivity index (χ2v) is 5.30. The summed E-state index contributed by atoms with van der Waals surface area (Å²) in [4.78, 5) is 0. The average molecular weight is 265 g/mol. The molecule has 2 unspecified atom stereocenters. The molecular weight excluding hydrogens is 241 g/mol. The van der Waals surface area contributed by atoms with Gasteiger partial charge in [-0.15, -0.1) is 0 Å². The quantitative estimate of drug-likeness (QED) is 0.813. The molecule has 1 N–H and O–H groups in total. The van der Waals surface area contributed by atoms with Crippen LogP contribution in [0.5, 0.6) is 0 Å². The highest BCUT2D eigenvalue weighted by atomic mass is 19.1. The lowest BCUT2D eigenvalue weighted by atomic mass is 9.96. The number of halogens is 1. The fourth-order valence-electron chi connectivity index (χ4n) is 2.57. The van der Waals surface area contributed by atoms with Crippen LogP contribution < -0.4 is 5.32 Å². The molecule has 0 amide bonds. The van der Waals surface area contributed by atoms with Gasteiger partial charge in [-0.25, -0.2) is 4.39 Å². The van der Waals surface area contributed by atoms with Gasteiger partial charge in [-0.1, -0.05) is 19.1 Å². The molecule has 0 bridgehead atoms. The van der Waals surface area contributed by atoms with Crippen molar-refractivity contribution in [3.05, 3.63) is 35.1 Å². The molecule has 0 saturated heterocycles. The van der Waals surface area contributed by atoms with Crippen molar-refractivity contribution in [2.75, 3.05) is 13.2 Å². The molecule has 0 aliphatic heterocycles. The van der Waals surface area contributed by atoms with E-state index in [-0.39, 0.29) is 18.0 Å². The van der Waals surface area contributed by atoms with E-state index in [2.05, 4.69) is 12.2 Å². The minimum Gasteiger partial charge on any atom is -0.376 e. The highest BCUT2D eigenvalue weighted by Crippen LogP contribution is 2.40. The van der Waals surface area contributed by atoms with Crippen molar-refractivity contribution in [3.8, 4) is 0 Å². The maximum Gasteiger partial charge on any atom is 0.126 e. The molecule has 19 heavy (non-hydrogen) atoms. The van der Waals surface area contributed by atoms with E-state index in [1.807, 2.05) is 19.1 Å². The molecule has 2 rings (SSSR count). The molecule has 0 heterocycles. The Morgan fingerprint density at radius 3 is 2.63 bits per heavy atom. The van der Waals surface area contributed by atoms with Crippen molar-refractivity contribution >= 4 is 0 Å². The number of hydrogen-bond acceptors (Lipinski definition) is 2. The van der Waals surface area contributed by atoms with Gasteiger partial charge in [0.2, 0.25) is 0 Å².